The van der Waals surface area contributed by atoms with Crippen molar-refractivity contribution in [1.82, 2.24) is 9.55 Å². The number of rotatable bonds is 3. The van der Waals surface area contributed by atoms with Gasteiger partial charge in [-0.1, -0.05) is 36.9 Å². The minimum absolute atomic E-state index is 0.0389. The van der Waals surface area contributed by atoms with Gasteiger partial charge in [-0.3, -0.25) is 14.2 Å². The van der Waals surface area contributed by atoms with Crippen molar-refractivity contribution in [3.05, 3.63) is 55.9 Å². The van der Waals surface area contributed by atoms with Crippen LogP contribution in [0.1, 0.15) is 58.9 Å². The maximum absolute atomic E-state index is 13.1. The molecule has 3 aromatic rings. The Labute approximate surface area is 172 Å². The topological polar surface area (TPSA) is 64.0 Å². The van der Waals surface area contributed by atoms with Crippen molar-refractivity contribution in [2.75, 3.05) is 5.32 Å². The summed E-state index contributed by atoms with van der Waals surface area (Å²) in [5, 5.41) is 3.48. The zero-order valence-electron chi connectivity index (χ0n) is 15.9. The molecule has 0 radical (unpaired) electrons. The van der Waals surface area contributed by atoms with Crippen LogP contribution in [0.25, 0.3) is 10.2 Å². The van der Waals surface area contributed by atoms with E-state index in [0.29, 0.717) is 26.5 Å². The predicted octanol–water partition coefficient (Wildman–Crippen LogP) is 5.49. The third-order valence-electron chi connectivity index (χ3n) is 5.44. The van der Waals surface area contributed by atoms with Gasteiger partial charge in [-0.15, -0.1) is 11.3 Å². The summed E-state index contributed by atoms with van der Waals surface area (Å²) in [6.07, 6.45) is 7.16. The van der Waals surface area contributed by atoms with Gasteiger partial charge in [0.15, 0.2) is 0 Å². The van der Waals surface area contributed by atoms with E-state index >= 15 is 0 Å². The van der Waals surface area contributed by atoms with Crippen LogP contribution in [0.4, 0.5) is 5.69 Å². The molecule has 1 aromatic carbocycles. The molecule has 1 amide bonds. The van der Waals surface area contributed by atoms with E-state index in [1.807, 2.05) is 19.9 Å². The molecule has 28 heavy (non-hydrogen) atoms. The number of nitrogens with one attached hydrogen (secondary N) is 1. The standard InChI is InChI=1S/C21H22ClN3O2S/c1-12-8-9-14(22)10-16(12)24-20(26)17-13(2)28-19-18(17)23-11-25(21(19)27)15-6-4-3-5-7-15/h8-11,15H,3-7H2,1-2H3,(H,24,26). The Morgan fingerprint density at radius 1 is 1.25 bits per heavy atom. The van der Waals surface area contributed by atoms with Crippen molar-refractivity contribution in [2.45, 2.75) is 52.0 Å². The van der Waals surface area contributed by atoms with E-state index in [0.717, 1.165) is 36.1 Å². The van der Waals surface area contributed by atoms with Crippen molar-refractivity contribution in [1.29, 1.82) is 0 Å². The maximum atomic E-state index is 13.1. The molecule has 1 aliphatic carbocycles. The van der Waals surface area contributed by atoms with Gasteiger partial charge < -0.3 is 5.32 Å². The highest BCUT2D eigenvalue weighted by atomic mass is 35.5. The van der Waals surface area contributed by atoms with Crippen LogP contribution in [-0.2, 0) is 0 Å². The number of carbonyl (C=O) groups is 1. The molecule has 1 fully saturated rings. The first-order valence-electron chi connectivity index (χ1n) is 9.53. The highest BCUT2D eigenvalue weighted by molar-refractivity contribution is 7.19. The number of aromatic nitrogens is 2. The van der Waals surface area contributed by atoms with E-state index in [1.165, 1.54) is 17.8 Å². The number of hydrogen-bond donors (Lipinski definition) is 1. The van der Waals surface area contributed by atoms with E-state index in [4.69, 9.17) is 11.6 Å². The van der Waals surface area contributed by atoms with Crippen molar-refractivity contribution in [3.63, 3.8) is 0 Å². The number of fused-ring (bicyclic) bond motifs is 1. The van der Waals surface area contributed by atoms with Crippen LogP contribution in [0, 0.1) is 13.8 Å². The molecule has 0 unspecified atom stereocenters. The molecule has 0 aliphatic heterocycles. The van der Waals surface area contributed by atoms with Gasteiger partial charge in [0, 0.05) is 21.6 Å². The van der Waals surface area contributed by atoms with Crippen molar-refractivity contribution in [2.24, 2.45) is 0 Å². The molecule has 1 saturated carbocycles. The first-order valence-corrected chi connectivity index (χ1v) is 10.7. The maximum Gasteiger partial charge on any atom is 0.271 e. The van der Waals surface area contributed by atoms with Crippen LogP contribution in [0.2, 0.25) is 5.02 Å². The molecule has 0 saturated heterocycles. The fourth-order valence-corrected chi connectivity index (χ4v) is 5.10. The molecule has 1 aliphatic rings. The minimum atomic E-state index is -0.267. The number of anilines is 1. The summed E-state index contributed by atoms with van der Waals surface area (Å²) < 4.78 is 2.32. The van der Waals surface area contributed by atoms with Crippen LogP contribution in [0.5, 0.6) is 0 Å². The summed E-state index contributed by atoms with van der Waals surface area (Å²) in [7, 11) is 0. The summed E-state index contributed by atoms with van der Waals surface area (Å²) in [6.45, 7) is 3.77. The molecular formula is C21H22ClN3O2S. The quantitative estimate of drug-likeness (QED) is 0.615. The number of halogens is 1. The van der Waals surface area contributed by atoms with E-state index < -0.39 is 0 Å². The lowest BCUT2D eigenvalue weighted by molar-refractivity contribution is 0.102. The van der Waals surface area contributed by atoms with E-state index in [-0.39, 0.29) is 17.5 Å². The predicted molar refractivity (Wildman–Crippen MR) is 115 cm³/mol. The Hall–Kier alpha value is -2.18. The summed E-state index contributed by atoms with van der Waals surface area (Å²) >= 11 is 7.40. The van der Waals surface area contributed by atoms with Gasteiger partial charge in [0.05, 0.1) is 11.9 Å². The zero-order valence-corrected chi connectivity index (χ0v) is 17.5. The number of thiophene rings is 1. The number of hydrogen-bond acceptors (Lipinski definition) is 4. The Morgan fingerprint density at radius 3 is 2.75 bits per heavy atom. The second-order valence-electron chi connectivity index (χ2n) is 7.37. The second-order valence-corrected chi connectivity index (χ2v) is 9.03. The van der Waals surface area contributed by atoms with E-state index in [1.54, 1.807) is 23.0 Å². The minimum Gasteiger partial charge on any atom is -0.322 e. The van der Waals surface area contributed by atoms with Crippen LogP contribution in [0.3, 0.4) is 0 Å². The first kappa shape index (κ1) is 19.2. The smallest absolute Gasteiger partial charge is 0.271 e. The van der Waals surface area contributed by atoms with Crippen molar-refractivity contribution >= 4 is 44.7 Å². The van der Waals surface area contributed by atoms with Crippen LogP contribution < -0.4 is 10.9 Å². The Bertz CT molecular complexity index is 1110. The molecular weight excluding hydrogens is 394 g/mol. The number of nitrogens with zero attached hydrogens (tertiary/aromatic N) is 2. The molecule has 4 rings (SSSR count). The summed E-state index contributed by atoms with van der Waals surface area (Å²) in [4.78, 5) is 31.3. The van der Waals surface area contributed by atoms with E-state index in [2.05, 4.69) is 10.3 Å². The molecule has 2 heterocycles. The molecule has 1 N–H and O–H groups in total. The molecule has 5 nitrogen and oxygen atoms in total. The highest BCUT2D eigenvalue weighted by Crippen LogP contribution is 2.31. The average molecular weight is 416 g/mol. The molecule has 7 heteroatoms. The molecule has 0 atom stereocenters. The normalized spacial score (nSPS) is 15.1. The third kappa shape index (κ3) is 3.47. The van der Waals surface area contributed by atoms with Crippen molar-refractivity contribution in [3.8, 4) is 0 Å². The molecule has 146 valence electrons. The largest absolute Gasteiger partial charge is 0.322 e. The average Bonchev–Trinajstić information content (AvgIpc) is 3.03. The van der Waals surface area contributed by atoms with Crippen LogP contribution in [0.15, 0.2) is 29.3 Å². The lowest BCUT2D eigenvalue weighted by Gasteiger charge is -2.23. The van der Waals surface area contributed by atoms with Crippen LogP contribution >= 0.6 is 22.9 Å². The number of benzene rings is 1. The Morgan fingerprint density at radius 2 is 2.00 bits per heavy atom. The third-order valence-corrected chi connectivity index (χ3v) is 6.76. The van der Waals surface area contributed by atoms with Gasteiger partial charge >= 0.3 is 0 Å². The Balaban J connectivity index is 1.72. The fourth-order valence-electron chi connectivity index (χ4n) is 3.89. The van der Waals surface area contributed by atoms with Gasteiger partial charge in [-0.2, -0.15) is 0 Å². The first-order chi connectivity index (χ1) is 13.5. The zero-order chi connectivity index (χ0) is 19.8. The molecule has 2 aromatic heterocycles. The number of amides is 1. The lowest BCUT2D eigenvalue weighted by Crippen LogP contribution is -2.26. The Kier molecular flexibility index (Phi) is 5.25. The fraction of sp³-hybridized carbons (Fsp3) is 0.381. The number of aryl methyl sites for hydroxylation is 2. The number of carbonyl (C=O) groups excluding carboxylic acids is 1. The van der Waals surface area contributed by atoms with Gasteiger partial charge in [0.25, 0.3) is 11.5 Å². The summed E-state index contributed by atoms with van der Waals surface area (Å²) in [5.74, 6) is -0.267. The monoisotopic (exact) mass is 415 g/mol. The lowest BCUT2D eigenvalue weighted by atomic mass is 9.95. The van der Waals surface area contributed by atoms with Gasteiger partial charge in [-0.05, 0) is 44.4 Å². The van der Waals surface area contributed by atoms with Gasteiger partial charge in [0.1, 0.15) is 10.2 Å². The van der Waals surface area contributed by atoms with Gasteiger partial charge in [0.2, 0.25) is 0 Å². The van der Waals surface area contributed by atoms with Gasteiger partial charge in [-0.25, -0.2) is 4.98 Å². The van der Waals surface area contributed by atoms with Crippen LogP contribution in [-0.4, -0.2) is 15.5 Å². The van der Waals surface area contributed by atoms with Crippen molar-refractivity contribution < 1.29 is 4.79 Å². The highest BCUT2D eigenvalue weighted by Gasteiger charge is 2.23. The summed E-state index contributed by atoms with van der Waals surface area (Å²) in [6, 6.07) is 5.58. The molecule has 0 bridgehead atoms. The second kappa shape index (κ2) is 7.68. The SMILES string of the molecule is Cc1ccc(Cl)cc1NC(=O)c1c(C)sc2c(=O)n(C3CCCCC3)cnc12. The summed E-state index contributed by atoms with van der Waals surface area (Å²) in [5.41, 5.74) is 2.49. The van der Waals surface area contributed by atoms with E-state index in [9.17, 15) is 9.59 Å². The molecule has 0 spiro atoms.